The summed E-state index contributed by atoms with van der Waals surface area (Å²) in [6, 6.07) is 0. The molecular formula is C21H46O10P2. The van der Waals surface area contributed by atoms with Crippen LogP contribution in [0.4, 0.5) is 0 Å². The standard InChI is InChI=1S/C21H46O10P2/c1-5-10-26-20(23)16-29-21(27-11-6-2)17-31-33(25)13-9-7-8-12-32(24)30-15-19(4)28-14-18(3)22/h18-23,32-33H,5-17H2,1-4H3. The largest absolute Gasteiger partial charge is 0.391 e. The van der Waals surface area contributed by atoms with Gasteiger partial charge in [-0.3, -0.25) is 9.13 Å². The number of hydrogen-bond acceptors (Lipinski definition) is 10. The van der Waals surface area contributed by atoms with Gasteiger partial charge in [-0.2, -0.15) is 0 Å². The molecule has 0 rings (SSSR count). The van der Waals surface area contributed by atoms with Crippen LogP contribution in [-0.2, 0) is 37.1 Å². The van der Waals surface area contributed by atoms with Crippen molar-refractivity contribution in [3.05, 3.63) is 0 Å². The minimum Gasteiger partial charge on any atom is -0.391 e. The van der Waals surface area contributed by atoms with Gasteiger partial charge in [0, 0.05) is 25.5 Å². The van der Waals surface area contributed by atoms with E-state index < -0.39 is 34.7 Å². The molecule has 0 radical (unpaired) electrons. The van der Waals surface area contributed by atoms with Gasteiger partial charge in [0.1, 0.15) is 13.2 Å². The zero-order chi connectivity index (χ0) is 24.9. The third-order valence-corrected chi connectivity index (χ3v) is 6.69. The van der Waals surface area contributed by atoms with Crippen LogP contribution in [0.15, 0.2) is 0 Å². The van der Waals surface area contributed by atoms with Crippen molar-refractivity contribution >= 4 is 16.1 Å². The zero-order valence-corrected chi connectivity index (χ0v) is 22.7. The molecule has 0 aliphatic heterocycles. The summed E-state index contributed by atoms with van der Waals surface area (Å²) in [5, 5.41) is 18.9. The lowest BCUT2D eigenvalue weighted by Crippen LogP contribution is -2.29. The molecule has 200 valence electrons. The highest BCUT2D eigenvalue weighted by atomic mass is 31.1. The van der Waals surface area contributed by atoms with Gasteiger partial charge in [0.05, 0.1) is 25.4 Å². The van der Waals surface area contributed by atoms with E-state index in [1.807, 2.05) is 13.8 Å². The molecule has 2 N–H and O–H groups in total. The number of aliphatic hydroxyl groups excluding tert-OH is 2. The summed E-state index contributed by atoms with van der Waals surface area (Å²) in [7, 11) is -4.37. The molecule has 0 heterocycles. The molecule has 0 aliphatic carbocycles. The van der Waals surface area contributed by atoms with E-state index in [4.69, 9.17) is 28.0 Å². The Labute approximate surface area is 200 Å². The van der Waals surface area contributed by atoms with E-state index in [-0.39, 0.29) is 32.5 Å². The quantitative estimate of drug-likeness (QED) is 0.111. The molecule has 10 nitrogen and oxygen atoms in total. The van der Waals surface area contributed by atoms with Gasteiger partial charge in [0.2, 0.25) is 0 Å². The van der Waals surface area contributed by atoms with Gasteiger partial charge in [0.15, 0.2) is 28.6 Å². The van der Waals surface area contributed by atoms with Gasteiger partial charge in [-0.05, 0) is 39.5 Å². The fraction of sp³-hybridized carbons (Fsp3) is 1.00. The van der Waals surface area contributed by atoms with Crippen molar-refractivity contribution in [2.75, 3.05) is 52.0 Å². The van der Waals surface area contributed by atoms with Crippen molar-refractivity contribution in [1.82, 2.24) is 0 Å². The third kappa shape index (κ3) is 22.4. The molecule has 0 aliphatic rings. The second kappa shape index (κ2) is 22.6. The van der Waals surface area contributed by atoms with Crippen LogP contribution in [0, 0.1) is 0 Å². The summed E-state index contributed by atoms with van der Waals surface area (Å²) in [5.74, 6) is 0. The second-order valence-electron chi connectivity index (χ2n) is 7.88. The SMILES string of the molecule is CCCOC(O)COC(CO[PH](=O)CCCCC[PH](=O)OCC(C)OCC(C)O)OCCC. The fourth-order valence-electron chi connectivity index (χ4n) is 2.47. The van der Waals surface area contributed by atoms with Gasteiger partial charge in [-0.15, -0.1) is 0 Å². The molecule has 0 aromatic carbocycles. The normalized spacial score (nSPS) is 17.4. The van der Waals surface area contributed by atoms with E-state index in [0.717, 1.165) is 25.7 Å². The molecule has 0 aromatic rings. The third-order valence-electron chi connectivity index (χ3n) is 4.19. The number of hydrogen-bond donors (Lipinski definition) is 2. The second-order valence-corrected chi connectivity index (χ2v) is 10.9. The Morgan fingerprint density at radius 2 is 1.27 bits per heavy atom. The Kier molecular flexibility index (Phi) is 22.7. The summed E-state index contributed by atoms with van der Waals surface area (Å²) >= 11 is 0. The summed E-state index contributed by atoms with van der Waals surface area (Å²) in [6.07, 6.45) is 2.17. The smallest absolute Gasteiger partial charge is 0.191 e. The van der Waals surface area contributed by atoms with Gasteiger partial charge in [0.25, 0.3) is 0 Å². The molecule has 0 spiro atoms. The summed E-state index contributed by atoms with van der Waals surface area (Å²) < 4.78 is 56.3. The Morgan fingerprint density at radius 3 is 1.85 bits per heavy atom. The monoisotopic (exact) mass is 520 g/mol. The van der Waals surface area contributed by atoms with E-state index in [1.165, 1.54) is 0 Å². The van der Waals surface area contributed by atoms with Crippen LogP contribution in [0.1, 0.15) is 59.8 Å². The molecule has 0 saturated carbocycles. The maximum atomic E-state index is 12.2. The van der Waals surface area contributed by atoms with Gasteiger partial charge < -0.3 is 38.2 Å². The highest BCUT2D eigenvalue weighted by Gasteiger charge is 2.15. The molecule has 0 fully saturated rings. The first-order valence-electron chi connectivity index (χ1n) is 11.9. The van der Waals surface area contributed by atoms with Crippen LogP contribution >= 0.6 is 16.1 Å². The molecule has 0 saturated heterocycles. The highest BCUT2D eigenvalue weighted by molar-refractivity contribution is 7.39. The van der Waals surface area contributed by atoms with Crippen LogP contribution in [0.3, 0.4) is 0 Å². The maximum absolute atomic E-state index is 12.2. The predicted octanol–water partition coefficient (Wildman–Crippen LogP) is 3.44. The van der Waals surface area contributed by atoms with Crippen molar-refractivity contribution in [3.63, 3.8) is 0 Å². The van der Waals surface area contributed by atoms with Gasteiger partial charge >= 0.3 is 0 Å². The fourth-order valence-corrected chi connectivity index (χ4v) is 4.58. The average Bonchev–Trinajstić information content (AvgIpc) is 2.79. The van der Waals surface area contributed by atoms with Gasteiger partial charge in [-0.25, -0.2) is 0 Å². The predicted molar refractivity (Wildman–Crippen MR) is 129 cm³/mol. The summed E-state index contributed by atoms with van der Waals surface area (Å²) in [4.78, 5) is 0. The Bertz CT molecular complexity index is 496. The van der Waals surface area contributed by atoms with Crippen LogP contribution in [0.2, 0.25) is 0 Å². The number of unbranched alkanes of at least 4 members (excludes halogenated alkanes) is 2. The Hall–Kier alpha value is 0.140. The highest BCUT2D eigenvalue weighted by Crippen LogP contribution is 2.27. The minimum absolute atomic E-state index is 0.0230. The van der Waals surface area contributed by atoms with Crippen molar-refractivity contribution in [3.8, 4) is 0 Å². The first-order chi connectivity index (χ1) is 15.8. The minimum atomic E-state index is -2.24. The molecular weight excluding hydrogens is 474 g/mol. The molecule has 0 amide bonds. The van der Waals surface area contributed by atoms with E-state index in [2.05, 4.69) is 0 Å². The topological polar surface area (TPSA) is 130 Å². The summed E-state index contributed by atoms with van der Waals surface area (Å²) in [5.41, 5.74) is 0. The lowest BCUT2D eigenvalue weighted by Gasteiger charge is -2.20. The summed E-state index contributed by atoms with van der Waals surface area (Å²) in [6.45, 7) is 8.68. The van der Waals surface area contributed by atoms with Crippen LogP contribution in [-0.4, -0.2) is 87.0 Å². The van der Waals surface area contributed by atoms with Crippen molar-refractivity contribution in [2.45, 2.75) is 84.6 Å². The molecule has 6 unspecified atom stereocenters. The van der Waals surface area contributed by atoms with Crippen LogP contribution in [0.5, 0.6) is 0 Å². The molecule has 0 bridgehead atoms. The van der Waals surface area contributed by atoms with Crippen LogP contribution in [0.25, 0.3) is 0 Å². The lowest BCUT2D eigenvalue weighted by molar-refractivity contribution is -0.209. The van der Waals surface area contributed by atoms with Crippen molar-refractivity contribution in [1.29, 1.82) is 0 Å². The van der Waals surface area contributed by atoms with Crippen molar-refractivity contribution < 1.29 is 47.3 Å². The van der Waals surface area contributed by atoms with Crippen molar-refractivity contribution in [2.24, 2.45) is 0 Å². The number of ether oxygens (including phenoxy) is 4. The Balaban J connectivity index is 3.91. The lowest BCUT2D eigenvalue weighted by atomic mass is 10.3. The van der Waals surface area contributed by atoms with E-state index in [9.17, 15) is 19.3 Å². The average molecular weight is 521 g/mol. The van der Waals surface area contributed by atoms with Gasteiger partial charge in [-0.1, -0.05) is 20.3 Å². The van der Waals surface area contributed by atoms with E-state index in [0.29, 0.717) is 32.0 Å². The molecule has 33 heavy (non-hydrogen) atoms. The first-order valence-corrected chi connectivity index (χ1v) is 15.0. The number of aliphatic hydroxyl groups is 2. The number of rotatable bonds is 24. The molecule has 6 atom stereocenters. The van der Waals surface area contributed by atoms with E-state index >= 15 is 0 Å². The Morgan fingerprint density at radius 1 is 0.697 bits per heavy atom. The van der Waals surface area contributed by atoms with E-state index in [1.54, 1.807) is 13.8 Å². The maximum Gasteiger partial charge on any atom is 0.191 e. The molecule has 12 heteroatoms. The first kappa shape index (κ1) is 33.1. The zero-order valence-electron chi connectivity index (χ0n) is 20.7. The molecule has 0 aromatic heterocycles. The van der Waals surface area contributed by atoms with Crippen LogP contribution < -0.4 is 0 Å².